The Morgan fingerprint density at radius 2 is 1.18 bits per heavy atom. The van der Waals surface area contributed by atoms with Crippen molar-refractivity contribution in [3.05, 3.63) is 0 Å². The number of hydrogen-bond acceptors (Lipinski definition) is 1. The quantitative estimate of drug-likeness (QED) is 0.622. The average molecular weight is 281 g/mol. The third kappa shape index (κ3) is 3.36. The van der Waals surface area contributed by atoms with Gasteiger partial charge < -0.3 is 0 Å². The first-order chi connectivity index (χ1) is 7.13. The van der Waals surface area contributed by atoms with E-state index in [0.717, 1.165) is 0 Å². The van der Waals surface area contributed by atoms with Crippen molar-refractivity contribution < 1.29 is 43.9 Å². The molecule has 0 heterocycles. The highest BCUT2D eigenvalue weighted by atomic mass is 19.4. The van der Waals surface area contributed by atoms with Crippen LogP contribution in [0.15, 0.2) is 0 Å². The molecule has 0 aromatic rings. The summed E-state index contributed by atoms with van der Waals surface area (Å²) in [5.74, 6) is -12.7. The molecule has 0 spiro atoms. The van der Waals surface area contributed by atoms with Gasteiger partial charge in [-0.25, -0.2) is 4.39 Å². The summed E-state index contributed by atoms with van der Waals surface area (Å²) in [6, 6.07) is -5.85. The van der Waals surface area contributed by atoms with Crippen molar-refractivity contribution in [2.45, 2.75) is 36.7 Å². The van der Waals surface area contributed by atoms with E-state index in [1.807, 2.05) is 0 Å². The summed E-state index contributed by atoms with van der Waals surface area (Å²) in [5.41, 5.74) is 3.39. The Hall–Kier alpha value is -0.740. The van der Waals surface area contributed by atoms with Gasteiger partial charge in [0.15, 0.2) is 6.17 Å². The van der Waals surface area contributed by atoms with Crippen LogP contribution in [0, 0.1) is 0 Å². The third-order valence-corrected chi connectivity index (χ3v) is 1.64. The summed E-state index contributed by atoms with van der Waals surface area (Å²) in [4.78, 5) is 0. The molecule has 0 aromatic carbocycles. The highest BCUT2D eigenvalue weighted by molar-refractivity contribution is 4.98. The van der Waals surface area contributed by atoms with E-state index >= 15 is 0 Å². The fourth-order valence-corrected chi connectivity index (χ4v) is 0.750. The van der Waals surface area contributed by atoms with Gasteiger partial charge in [-0.1, -0.05) is 0 Å². The molecule has 0 aliphatic rings. The molecule has 104 valence electrons. The van der Waals surface area contributed by atoms with Crippen LogP contribution in [0.25, 0.3) is 0 Å². The fraction of sp³-hybridized carbons (Fsp3) is 1.00. The summed E-state index contributed by atoms with van der Waals surface area (Å²) in [6.45, 7) is 0. The van der Waals surface area contributed by atoms with Crippen molar-refractivity contribution in [1.29, 1.82) is 0 Å². The largest absolute Gasteiger partial charge is 0.392 e. The molecular weight excluding hydrogens is 276 g/mol. The molecule has 11 heteroatoms. The zero-order chi connectivity index (χ0) is 14.3. The number of alkyl halides is 10. The molecule has 0 aliphatic carbocycles. The Balaban J connectivity index is 5.14. The molecule has 0 fully saturated rings. The normalized spacial score (nSPS) is 17.1. The van der Waals surface area contributed by atoms with E-state index in [1.165, 1.54) is 0 Å². The highest BCUT2D eigenvalue weighted by Gasteiger charge is 2.74. The molecule has 0 saturated carbocycles. The fourth-order valence-electron chi connectivity index (χ4n) is 0.750. The zero-order valence-corrected chi connectivity index (χ0v) is 7.64. The van der Waals surface area contributed by atoms with E-state index < -0.39 is 36.7 Å². The number of halogens is 10. The highest BCUT2D eigenvalue weighted by Crippen LogP contribution is 2.47. The van der Waals surface area contributed by atoms with Crippen LogP contribution in [0.5, 0.6) is 0 Å². The molecule has 1 nitrogen and oxygen atoms in total. The predicted molar refractivity (Wildman–Crippen MR) is 34.6 cm³/mol. The lowest BCUT2D eigenvalue weighted by atomic mass is 10.0. The van der Waals surface area contributed by atoms with Gasteiger partial charge in [-0.15, -0.1) is 0 Å². The minimum Gasteiger partial charge on any atom is -0.267 e. The van der Waals surface area contributed by atoms with Crippen LogP contribution < -0.4 is 5.73 Å². The lowest BCUT2D eigenvalue weighted by molar-refractivity contribution is -0.329. The van der Waals surface area contributed by atoms with Crippen molar-refractivity contribution >= 4 is 0 Å². The molecular formula is C6H5F10N. The molecule has 2 N–H and O–H groups in total. The Kier molecular flexibility index (Phi) is 3.99. The van der Waals surface area contributed by atoms with Gasteiger partial charge >= 0.3 is 24.1 Å². The van der Waals surface area contributed by atoms with Gasteiger partial charge in [-0.2, -0.15) is 39.5 Å². The predicted octanol–water partition coefficient (Wildman–Crippen LogP) is 3.10. The molecule has 1 unspecified atom stereocenters. The maximum absolute atomic E-state index is 12.4. The standard InChI is InChI=1S/C6H5F10N/c7-2(1-3(8,9)10)4(11,12)5(13,14)6(15,16)17/h2H,1,17H2. The van der Waals surface area contributed by atoms with Gasteiger partial charge in [-0.05, 0) is 0 Å². The first kappa shape index (κ1) is 16.3. The second-order valence-corrected chi connectivity index (χ2v) is 3.11. The minimum absolute atomic E-state index is 2.99. The van der Waals surface area contributed by atoms with Crippen LogP contribution in [-0.2, 0) is 0 Å². The van der Waals surface area contributed by atoms with Gasteiger partial charge in [0.25, 0.3) is 0 Å². The Morgan fingerprint density at radius 1 is 0.824 bits per heavy atom. The second kappa shape index (κ2) is 4.18. The smallest absolute Gasteiger partial charge is 0.267 e. The van der Waals surface area contributed by atoms with Gasteiger partial charge in [0.1, 0.15) is 0 Å². The number of hydrogen-bond donors (Lipinski definition) is 1. The minimum atomic E-state index is -6.44. The molecule has 0 radical (unpaired) electrons. The van der Waals surface area contributed by atoms with E-state index in [4.69, 9.17) is 0 Å². The summed E-state index contributed by atoms with van der Waals surface area (Å²) in [5, 5.41) is 0. The van der Waals surface area contributed by atoms with E-state index in [9.17, 15) is 43.9 Å². The maximum atomic E-state index is 12.4. The monoisotopic (exact) mass is 281 g/mol. The SMILES string of the molecule is NC(F)(F)C(F)(F)C(F)(F)C(F)CC(F)(F)F. The van der Waals surface area contributed by atoms with Crippen molar-refractivity contribution in [1.82, 2.24) is 0 Å². The molecule has 0 rings (SSSR count). The second-order valence-electron chi connectivity index (χ2n) is 3.11. The Labute approximate surface area is 87.6 Å². The molecule has 0 saturated heterocycles. The van der Waals surface area contributed by atoms with Crippen LogP contribution in [-0.4, -0.2) is 30.2 Å². The molecule has 0 bridgehead atoms. The van der Waals surface area contributed by atoms with Crippen LogP contribution in [0.4, 0.5) is 43.9 Å². The van der Waals surface area contributed by atoms with Gasteiger partial charge in [0.2, 0.25) is 0 Å². The van der Waals surface area contributed by atoms with Crippen LogP contribution in [0.3, 0.4) is 0 Å². The molecule has 0 amide bonds. The first-order valence-electron chi connectivity index (χ1n) is 3.76. The van der Waals surface area contributed by atoms with E-state index in [0.29, 0.717) is 0 Å². The van der Waals surface area contributed by atoms with Crippen LogP contribution in [0.1, 0.15) is 6.42 Å². The Morgan fingerprint density at radius 3 is 1.41 bits per heavy atom. The summed E-state index contributed by atoms with van der Waals surface area (Å²) >= 11 is 0. The molecule has 0 aromatic heterocycles. The first-order valence-corrected chi connectivity index (χ1v) is 3.76. The zero-order valence-electron chi connectivity index (χ0n) is 7.64. The van der Waals surface area contributed by atoms with Crippen molar-refractivity contribution in [2.24, 2.45) is 5.73 Å². The van der Waals surface area contributed by atoms with E-state index in [2.05, 4.69) is 5.73 Å². The summed E-state index contributed by atoms with van der Waals surface area (Å²) in [7, 11) is 0. The van der Waals surface area contributed by atoms with Crippen molar-refractivity contribution in [3.63, 3.8) is 0 Å². The van der Waals surface area contributed by atoms with Crippen LogP contribution in [0.2, 0.25) is 0 Å². The van der Waals surface area contributed by atoms with Gasteiger partial charge in [-0.3, -0.25) is 5.73 Å². The average Bonchev–Trinajstić information content (AvgIpc) is 1.97. The lowest BCUT2D eigenvalue weighted by Gasteiger charge is -2.32. The molecule has 17 heavy (non-hydrogen) atoms. The number of rotatable bonds is 4. The summed E-state index contributed by atoms with van der Waals surface area (Å²) in [6.07, 6.45) is -13.1. The van der Waals surface area contributed by atoms with E-state index in [1.54, 1.807) is 0 Å². The topological polar surface area (TPSA) is 26.0 Å². The van der Waals surface area contributed by atoms with Gasteiger partial charge in [0.05, 0.1) is 6.42 Å². The van der Waals surface area contributed by atoms with Crippen molar-refractivity contribution in [2.75, 3.05) is 0 Å². The van der Waals surface area contributed by atoms with Crippen LogP contribution >= 0.6 is 0 Å². The Bertz CT molecular complexity index is 263. The molecule has 1 atom stereocenters. The third-order valence-electron chi connectivity index (χ3n) is 1.64. The van der Waals surface area contributed by atoms with E-state index in [-0.39, 0.29) is 0 Å². The number of nitrogens with two attached hydrogens (primary N) is 1. The molecule has 0 aliphatic heterocycles. The summed E-state index contributed by atoms with van der Waals surface area (Å²) < 4.78 is 120. The lowest BCUT2D eigenvalue weighted by Crippen LogP contribution is -2.62. The van der Waals surface area contributed by atoms with Gasteiger partial charge in [0, 0.05) is 0 Å². The maximum Gasteiger partial charge on any atom is 0.392 e. The van der Waals surface area contributed by atoms with Crippen molar-refractivity contribution in [3.8, 4) is 0 Å².